The maximum Gasteiger partial charge on any atom is 4.00 e. The van der Waals surface area contributed by atoms with Gasteiger partial charge >= 0.3 is 19.8 Å². The van der Waals surface area contributed by atoms with E-state index in [4.69, 9.17) is 0 Å². The van der Waals surface area contributed by atoms with Gasteiger partial charge in [0.2, 0.25) is 12.7 Å². The monoisotopic (exact) mass is 788 g/mol. The number of nitrogens with zero attached hydrogens (tertiary/aromatic N) is 6. The van der Waals surface area contributed by atoms with Crippen molar-refractivity contribution in [3.8, 4) is 33.9 Å². The molecule has 8 aromatic rings. The van der Waals surface area contributed by atoms with E-state index in [0.29, 0.717) is 0 Å². The number of pyridine rings is 2. The van der Waals surface area contributed by atoms with E-state index >= 15 is 0 Å². The summed E-state index contributed by atoms with van der Waals surface area (Å²) in [7, 11) is 4.02. The number of hydrogen-bond donors (Lipinski definition) is 0. The Hall–Kier alpha value is -5.24. The Labute approximate surface area is 288 Å². The van der Waals surface area contributed by atoms with E-state index in [1.54, 1.807) is 0 Å². The second-order valence-corrected chi connectivity index (χ2v) is 11.2. The molecule has 8 rings (SSSR count). The number of para-hydroxylation sites is 4. The fourth-order valence-corrected chi connectivity index (χ4v) is 5.81. The van der Waals surface area contributed by atoms with Gasteiger partial charge in [-0.25, -0.2) is 0 Å². The van der Waals surface area contributed by atoms with Crippen molar-refractivity contribution in [3.05, 3.63) is 158 Å². The predicted molar refractivity (Wildman–Crippen MR) is 180 cm³/mol. The zero-order valence-corrected chi connectivity index (χ0v) is 29.1. The molecule has 0 fully saturated rings. The number of aryl methyl sites for hydroxylation is 4. The summed E-state index contributed by atoms with van der Waals surface area (Å²) < 4.78 is 8.11. The third-order valence-electron chi connectivity index (χ3n) is 8.03. The van der Waals surface area contributed by atoms with Crippen molar-refractivity contribution in [3.63, 3.8) is 0 Å². The Morgan fingerprint density at radius 2 is 0.979 bits per heavy atom. The average Bonchev–Trinajstić information content (AvgIpc) is 3.62. The molecule has 0 aliphatic rings. The molecule has 4 heterocycles. The molecule has 0 amide bonds. The van der Waals surface area contributed by atoms with Crippen LogP contribution in [0.2, 0.25) is 0 Å². The van der Waals surface area contributed by atoms with Gasteiger partial charge in [-0.3, -0.25) is 9.97 Å². The third-order valence-corrected chi connectivity index (χ3v) is 8.03. The van der Waals surface area contributed by atoms with Crippen molar-refractivity contribution in [1.29, 1.82) is 0 Å². The molecule has 0 aliphatic heterocycles. The van der Waals surface area contributed by atoms with Crippen LogP contribution in [-0.4, -0.2) is 19.1 Å². The van der Waals surface area contributed by atoms with Gasteiger partial charge in [0.05, 0.1) is 36.2 Å². The van der Waals surface area contributed by atoms with Crippen LogP contribution in [0, 0.1) is 38.6 Å². The first-order valence-corrected chi connectivity index (χ1v) is 15.1. The molecule has 7 heteroatoms. The predicted octanol–water partition coefficient (Wildman–Crippen LogP) is 6.85. The molecule has 228 valence electrons. The Kier molecular flexibility index (Phi) is 9.20. The molecule has 0 aliphatic carbocycles. The van der Waals surface area contributed by atoms with E-state index in [0.717, 1.165) is 56.0 Å². The number of fused-ring (bicyclic) bond motifs is 2. The molecule has 0 saturated heterocycles. The SMILES string of the molecule is C[n+]1[c-]n(-c2[c-]c(-n3[c-][n+](C)c4ccccc43)ccc2)c2ccccc21.Cc1cc(C)c(-c2ccccn2)[c-]c1-c1ccccn1.[Os+4]. The molecule has 0 atom stereocenters. The van der Waals surface area contributed by atoms with Crippen molar-refractivity contribution >= 4 is 22.1 Å². The van der Waals surface area contributed by atoms with E-state index in [2.05, 4.69) is 91.1 Å². The summed E-state index contributed by atoms with van der Waals surface area (Å²) in [5, 5.41) is 0. The van der Waals surface area contributed by atoms with Gasteiger partial charge in [-0.15, -0.1) is 23.3 Å². The summed E-state index contributed by atoms with van der Waals surface area (Å²) in [5.74, 6) is 0. The van der Waals surface area contributed by atoms with Gasteiger partial charge in [-0.1, -0.05) is 109 Å². The fraction of sp³-hybridized carbons (Fsp3) is 0.100. The maximum atomic E-state index is 4.42. The van der Waals surface area contributed by atoms with Gasteiger partial charge in [-0.2, -0.15) is 24.3 Å². The molecule has 0 saturated carbocycles. The largest absolute Gasteiger partial charge is 4.00 e. The second-order valence-electron chi connectivity index (χ2n) is 11.2. The molecule has 0 bridgehead atoms. The van der Waals surface area contributed by atoms with Gasteiger partial charge < -0.3 is 18.3 Å². The maximum absolute atomic E-state index is 4.42. The minimum absolute atomic E-state index is 0. The summed E-state index contributed by atoms with van der Waals surface area (Å²) in [6, 6.07) is 43.8. The van der Waals surface area contributed by atoms with Crippen LogP contribution < -0.4 is 9.13 Å². The van der Waals surface area contributed by atoms with Gasteiger partial charge in [-0.05, 0) is 12.1 Å². The van der Waals surface area contributed by atoms with Gasteiger partial charge in [0.1, 0.15) is 0 Å². The summed E-state index contributed by atoms with van der Waals surface area (Å²) in [6.07, 6.45) is 10.4. The number of hydrogen-bond acceptors (Lipinski definition) is 2. The van der Waals surface area contributed by atoms with Crippen molar-refractivity contribution in [1.82, 2.24) is 19.1 Å². The molecule has 0 spiro atoms. The Balaban J connectivity index is 0.000000167. The van der Waals surface area contributed by atoms with E-state index in [1.165, 1.54) is 11.1 Å². The van der Waals surface area contributed by atoms with Crippen LogP contribution in [0.4, 0.5) is 0 Å². The molecule has 6 nitrogen and oxygen atoms in total. The van der Waals surface area contributed by atoms with Crippen molar-refractivity contribution < 1.29 is 28.9 Å². The summed E-state index contributed by atoms with van der Waals surface area (Å²) in [4.78, 5) is 8.85. The second kappa shape index (κ2) is 13.6. The number of imidazole rings is 2. The van der Waals surface area contributed by atoms with Crippen LogP contribution in [0.3, 0.4) is 0 Å². The topological polar surface area (TPSA) is 43.4 Å². The van der Waals surface area contributed by atoms with Gasteiger partial charge in [0.15, 0.2) is 0 Å². The Morgan fingerprint density at radius 3 is 1.43 bits per heavy atom. The summed E-state index contributed by atoms with van der Waals surface area (Å²) >= 11 is 0. The minimum atomic E-state index is 0. The van der Waals surface area contributed by atoms with Crippen LogP contribution >= 0.6 is 0 Å². The quantitative estimate of drug-likeness (QED) is 0.145. The normalized spacial score (nSPS) is 10.8. The van der Waals surface area contributed by atoms with E-state index in [1.807, 2.05) is 111 Å². The van der Waals surface area contributed by atoms with Crippen LogP contribution in [0.25, 0.3) is 56.0 Å². The zero-order valence-electron chi connectivity index (χ0n) is 26.6. The van der Waals surface area contributed by atoms with Crippen LogP contribution in [0.15, 0.2) is 122 Å². The zero-order chi connectivity index (χ0) is 31.6. The number of aromatic nitrogens is 6. The smallest absolute Gasteiger partial charge is 0.342 e. The van der Waals surface area contributed by atoms with E-state index < -0.39 is 0 Å². The van der Waals surface area contributed by atoms with Crippen molar-refractivity contribution in [2.45, 2.75) is 13.8 Å². The van der Waals surface area contributed by atoms with Crippen LogP contribution in [-0.2, 0) is 33.9 Å². The Bertz CT molecular complexity index is 2150. The van der Waals surface area contributed by atoms with Crippen LogP contribution in [0.5, 0.6) is 0 Å². The third kappa shape index (κ3) is 6.28. The standard InChI is InChI=1S/C22H17N4.C18H15N2.Os/c1-23-15-25(21-12-5-3-10-19(21)23)17-8-7-9-18(14-17)26-16-24(2)20-11-4-6-13-22(20)26;1-13-11-14(2)16(18-8-4-6-10-20-18)12-15(13)17-7-3-5-9-19-17;/h3-13H,1-2H3;3-11H,1-2H3;/q2*-1;+4. The van der Waals surface area contributed by atoms with E-state index in [9.17, 15) is 0 Å². The summed E-state index contributed by atoms with van der Waals surface area (Å²) in [5.41, 5.74) is 12.7. The molecule has 0 N–H and O–H groups in total. The van der Waals surface area contributed by atoms with Gasteiger partial charge in [0.25, 0.3) is 0 Å². The Morgan fingerprint density at radius 1 is 0.532 bits per heavy atom. The fourth-order valence-electron chi connectivity index (χ4n) is 5.81. The molecule has 47 heavy (non-hydrogen) atoms. The molecule has 0 unspecified atom stereocenters. The molecular formula is C40H32N6Os+2. The van der Waals surface area contributed by atoms with Gasteiger partial charge in [0, 0.05) is 23.8 Å². The van der Waals surface area contributed by atoms with Crippen molar-refractivity contribution in [2.24, 2.45) is 14.1 Å². The molecule has 4 aromatic carbocycles. The minimum Gasteiger partial charge on any atom is -0.342 e. The molecule has 0 radical (unpaired) electrons. The average molecular weight is 787 g/mol. The first-order chi connectivity index (χ1) is 22.5. The molecular weight excluding hydrogens is 755 g/mol. The number of benzene rings is 4. The first-order valence-electron chi connectivity index (χ1n) is 15.1. The van der Waals surface area contributed by atoms with Crippen LogP contribution in [0.1, 0.15) is 11.1 Å². The number of rotatable bonds is 4. The van der Waals surface area contributed by atoms with E-state index in [-0.39, 0.29) is 19.8 Å². The molecule has 4 aromatic heterocycles. The summed E-state index contributed by atoms with van der Waals surface area (Å²) in [6.45, 7) is 4.19. The van der Waals surface area contributed by atoms with Crippen molar-refractivity contribution in [2.75, 3.05) is 0 Å². The first kappa shape index (κ1) is 31.7.